The summed E-state index contributed by atoms with van der Waals surface area (Å²) >= 11 is 5.84. The molecular formula is C16H16ClFO. The van der Waals surface area contributed by atoms with Crippen LogP contribution >= 0.6 is 11.6 Å². The molecule has 2 atom stereocenters. The van der Waals surface area contributed by atoms with E-state index in [9.17, 15) is 9.50 Å². The van der Waals surface area contributed by atoms with E-state index in [-0.39, 0.29) is 11.7 Å². The van der Waals surface area contributed by atoms with E-state index in [4.69, 9.17) is 11.6 Å². The van der Waals surface area contributed by atoms with Gasteiger partial charge in [-0.2, -0.15) is 0 Å². The Labute approximate surface area is 117 Å². The second-order valence-corrected chi connectivity index (χ2v) is 5.14. The Morgan fingerprint density at radius 1 is 1.11 bits per heavy atom. The maximum atomic E-state index is 13.8. The van der Waals surface area contributed by atoms with Crippen molar-refractivity contribution >= 4 is 11.6 Å². The first-order valence-corrected chi connectivity index (χ1v) is 6.62. The lowest BCUT2D eigenvalue weighted by Crippen LogP contribution is -2.18. The first-order valence-electron chi connectivity index (χ1n) is 6.25. The molecule has 0 heterocycles. The van der Waals surface area contributed by atoms with Crippen LogP contribution in [0.4, 0.5) is 4.39 Å². The van der Waals surface area contributed by atoms with Gasteiger partial charge in [-0.25, -0.2) is 4.39 Å². The molecule has 1 nitrogen and oxygen atoms in total. The second-order valence-electron chi connectivity index (χ2n) is 4.70. The lowest BCUT2D eigenvalue weighted by Gasteiger charge is -2.21. The summed E-state index contributed by atoms with van der Waals surface area (Å²) in [7, 11) is 0. The van der Waals surface area contributed by atoms with Crippen LogP contribution in [-0.2, 0) is 6.42 Å². The van der Waals surface area contributed by atoms with Crippen LogP contribution < -0.4 is 0 Å². The Balaban J connectivity index is 2.27. The summed E-state index contributed by atoms with van der Waals surface area (Å²) in [4.78, 5) is 0. The third-order valence-electron chi connectivity index (χ3n) is 3.26. The van der Waals surface area contributed by atoms with E-state index in [0.717, 1.165) is 5.56 Å². The highest BCUT2D eigenvalue weighted by molar-refractivity contribution is 6.30. The van der Waals surface area contributed by atoms with Crippen LogP contribution in [0.1, 0.15) is 24.0 Å². The zero-order valence-corrected chi connectivity index (χ0v) is 11.4. The minimum absolute atomic E-state index is 0.262. The van der Waals surface area contributed by atoms with Gasteiger partial charge in [0.1, 0.15) is 5.82 Å². The fourth-order valence-corrected chi connectivity index (χ4v) is 2.32. The van der Waals surface area contributed by atoms with Crippen molar-refractivity contribution in [3.63, 3.8) is 0 Å². The van der Waals surface area contributed by atoms with Crippen molar-refractivity contribution in [2.45, 2.75) is 25.4 Å². The zero-order valence-electron chi connectivity index (χ0n) is 10.7. The Morgan fingerprint density at radius 2 is 1.74 bits per heavy atom. The molecule has 19 heavy (non-hydrogen) atoms. The molecule has 3 heteroatoms. The van der Waals surface area contributed by atoms with Crippen LogP contribution in [0.3, 0.4) is 0 Å². The molecule has 0 saturated carbocycles. The Morgan fingerprint density at radius 3 is 2.32 bits per heavy atom. The molecule has 0 aliphatic carbocycles. The van der Waals surface area contributed by atoms with Crippen LogP contribution in [-0.4, -0.2) is 11.2 Å². The van der Waals surface area contributed by atoms with Gasteiger partial charge in [-0.15, -0.1) is 0 Å². The van der Waals surface area contributed by atoms with E-state index in [2.05, 4.69) is 0 Å². The van der Waals surface area contributed by atoms with Gasteiger partial charge in [0.2, 0.25) is 0 Å². The summed E-state index contributed by atoms with van der Waals surface area (Å²) in [6, 6.07) is 14.0. The maximum absolute atomic E-state index is 13.8. The SMILES string of the molecule is C[C@H](O)[C@H](Cc1ccc(Cl)cc1)c1ccccc1F. The summed E-state index contributed by atoms with van der Waals surface area (Å²) in [6.07, 6.45) is -0.0388. The van der Waals surface area contributed by atoms with Gasteiger partial charge in [0.05, 0.1) is 6.10 Å². The molecule has 0 aromatic heterocycles. The number of hydrogen-bond donors (Lipinski definition) is 1. The van der Waals surface area contributed by atoms with Crippen molar-refractivity contribution in [3.8, 4) is 0 Å². The molecule has 0 amide bonds. The molecule has 0 aliphatic rings. The monoisotopic (exact) mass is 278 g/mol. The average Bonchev–Trinajstić information content (AvgIpc) is 2.39. The normalized spacial score (nSPS) is 14.1. The molecule has 0 radical (unpaired) electrons. The van der Waals surface area contributed by atoms with Gasteiger partial charge in [-0.1, -0.05) is 41.9 Å². The van der Waals surface area contributed by atoms with Gasteiger partial charge in [0.25, 0.3) is 0 Å². The molecule has 2 aromatic carbocycles. The summed E-state index contributed by atoms with van der Waals surface area (Å²) in [6.45, 7) is 1.69. The molecule has 2 rings (SSSR count). The summed E-state index contributed by atoms with van der Waals surface area (Å²) in [5, 5.41) is 10.6. The first-order chi connectivity index (χ1) is 9.08. The molecule has 100 valence electrons. The van der Waals surface area contributed by atoms with Crippen molar-refractivity contribution in [1.82, 2.24) is 0 Å². The number of halogens is 2. The van der Waals surface area contributed by atoms with Crippen LogP contribution in [0.5, 0.6) is 0 Å². The maximum Gasteiger partial charge on any atom is 0.126 e. The third-order valence-corrected chi connectivity index (χ3v) is 3.51. The van der Waals surface area contributed by atoms with E-state index in [0.29, 0.717) is 17.0 Å². The van der Waals surface area contributed by atoms with Crippen LogP contribution in [0.2, 0.25) is 5.02 Å². The van der Waals surface area contributed by atoms with E-state index in [1.807, 2.05) is 12.1 Å². The number of aliphatic hydroxyl groups excluding tert-OH is 1. The second kappa shape index (κ2) is 6.18. The lowest BCUT2D eigenvalue weighted by atomic mass is 9.88. The van der Waals surface area contributed by atoms with E-state index < -0.39 is 6.10 Å². The van der Waals surface area contributed by atoms with Crippen molar-refractivity contribution < 1.29 is 9.50 Å². The highest BCUT2D eigenvalue weighted by Crippen LogP contribution is 2.27. The largest absolute Gasteiger partial charge is 0.393 e. The number of aliphatic hydroxyl groups is 1. The summed E-state index contributed by atoms with van der Waals surface area (Å²) in [5.41, 5.74) is 1.58. The highest BCUT2D eigenvalue weighted by Gasteiger charge is 2.20. The van der Waals surface area contributed by atoms with Gasteiger partial charge < -0.3 is 5.11 Å². The number of hydrogen-bond acceptors (Lipinski definition) is 1. The molecular weight excluding hydrogens is 263 g/mol. The van der Waals surface area contributed by atoms with Gasteiger partial charge in [-0.05, 0) is 42.7 Å². The van der Waals surface area contributed by atoms with Crippen molar-refractivity contribution in [3.05, 3.63) is 70.5 Å². The lowest BCUT2D eigenvalue weighted by molar-refractivity contribution is 0.159. The van der Waals surface area contributed by atoms with Crippen molar-refractivity contribution in [2.75, 3.05) is 0 Å². The van der Waals surface area contributed by atoms with E-state index in [1.54, 1.807) is 37.3 Å². The quantitative estimate of drug-likeness (QED) is 0.889. The third kappa shape index (κ3) is 3.55. The zero-order chi connectivity index (χ0) is 13.8. The Hall–Kier alpha value is -1.38. The molecule has 0 saturated heterocycles. The predicted octanol–water partition coefficient (Wildman–Crippen LogP) is 4.19. The minimum Gasteiger partial charge on any atom is -0.393 e. The van der Waals surface area contributed by atoms with Gasteiger partial charge in [0, 0.05) is 10.9 Å². The predicted molar refractivity (Wildman–Crippen MR) is 76.0 cm³/mol. The fraction of sp³-hybridized carbons (Fsp3) is 0.250. The molecule has 0 unspecified atom stereocenters. The van der Waals surface area contributed by atoms with Gasteiger partial charge in [0.15, 0.2) is 0 Å². The molecule has 0 fully saturated rings. The van der Waals surface area contributed by atoms with Crippen molar-refractivity contribution in [2.24, 2.45) is 0 Å². The Kier molecular flexibility index (Phi) is 4.56. The number of benzene rings is 2. The first kappa shape index (κ1) is 14.0. The van der Waals surface area contributed by atoms with Crippen LogP contribution in [0, 0.1) is 5.82 Å². The minimum atomic E-state index is -0.618. The highest BCUT2D eigenvalue weighted by atomic mass is 35.5. The Bertz CT molecular complexity index is 537. The van der Waals surface area contributed by atoms with Crippen molar-refractivity contribution in [1.29, 1.82) is 0 Å². The van der Waals surface area contributed by atoms with Gasteiger partial charge >= 0.3 is 0 Å². The average molecular weight is 279 g/mol. The summed E-state index contributed by atoms with van der Waals surface area (Å²) in [5.74, 6) is -0.537. The summed E-state index contributed by atoms with van der Waals surface area (Å²) < 4.78 is 13.8. The standard InChI is InChI=1S/C16H16ClFO/c1-11(19)15(14-4-2-3-5-16(14)18)10-12-6-8-13(17)9-7-12/h2-9,11,15,19H,10H2,1H3/t11-,15-/m0/s1. The molecule has 0 aliphatic heterocycles. The van der Waals surface area contributed by atoms with Crippen LogP contribution in [0.15, 0.2) is 48.5 Å². The van der Waals surface area contributed by atoms with E-state index in [1.165, 1.54) is 6.07 Å². The van der Waals surface area contributed by atoms with Crippen LogP contribution in [0.25, 0.3) is 0 Å². The molecule has 2 aromatic rings. The fourth-order valence-electron chi connectivity index (χ4n) is 2.19. The van der Waals surface area contributed by atoms with E-state index >= 15 is 0 Å². The topological polar surface area (TPSA) is 20.2 Å². The molecule has 0 spiro atoms. The molecule has 0 bridgehead atoms. The van der Waals surface area contributed by atoms with Gasteiger partial charge in [-0.3, -0.25) is 0 Å². The molecule has 1 N–H and O–H groups in total. The number of rotatable bonds is 4. The smallest absolute Gasteiger partial charge is 0.126 e.